The van der Waals surface area contributed by atoms with Crippen molar-refractivity contribution in [3.8, 4) is 0 Å². The van der Waals surface area contributed by atoms with E-state index in [0.29, 0.717) is 11.3 Å². The lowest BCUT2D eigenvalue weighted by Crippen LogP contribution is -2.10. The Balaban J connectivity index is 2.27. The SMILES string of the molecule is CC(Cl)c1nc2cc(F)c(Cl)cc2n1C(C)c1cccs1. The van der Waals surface area contributed by atoms with E-state index in [0.717, 1.165) is 5.52 Å². The first kappa shape index (κ1) is 14.8. The molecule has 0 amide bonds. The number of alkyl halides is 1. The fraction of sp³-hybridized carbons (Fsp3) is 0.267. The van der Waals surface area contributed by atoms with Crippen LogP contribution in [0.2, 0.25) is 5.02 Å². The molecule has 0 N–H and O–H groups in total. The van der Waals surface area contributed by atoms with E-state index < -0.39 is 5.82 Å². The van der Waals surface area contributed by atoms with E-state index >= 15 is 0 Å². The predicted octanol–water partition coefficient (Wildman–Crippen LogP) is 5.80. The molecule has 0 fully saturated rings. The van der Waals surface area contributed by atoms with E-state index in [1.807, 2.05) is 22.9 Å². The highest BCUT2D eigenvalue weighted by molar-refractivity contribution is 7.10. The Morgan fingerprint density at radius 2 is 2.10 bits per heavy atom. The zero-order chi connectivity index (χ0) is 15.1. The van der Waals surface area contributed by atoms with Gasteiger partial charge in [-0.15, -0.1) is 22.9 Å². The summed E-state index contributed by atoms with van der Waals surface area (Å²) in [7, 11) is 0. The number of hydrogen-bond donors (Lipinski definition) is 0. The minimum absolute atomic E-state index is 0.0627. The number of imidazole rings is 1. The van der Waals surface area contributed by atoms with E-state index in [1.54, 1.807) is 17.4 Å². The van der Waals surface area contributed by atoms with Crippen molar-refractivity contribution in [2.45, 2.75) is 25.3 Å². The molecule has 0 radical (unpaired) electrons. The van der Waals surface area contributed by atoms with Gasteiger partial charge in [-0.05, 0) is 31.4 Å². The molecule has 2 heterocycles. The highest BCUT2D eigenvalue weighted by Crippen LogP contribution is 2.34. The summed E-state index contributed by atoms with van der Waals surface area (Å²) < 4.78 is 15.7. The fourth-order valence-corrected chi connectivity index (χ4v) is 3.54. The first-order chi connectivity index (χ1) is 9.99. The maximum atomic E-state index is 13.7. The molecule has 0 aliphatic rings. The third-order valence-electron chi connectivity index (χ3n) is 3.46. The van der Waals surface area contributed by atoms with Gasteiger partial charge in [0.15, 0.2) is 0 Å². The molecule has 0 saturated carbocycles. The van der Waals surface area contributed by atoms with Gasteiger partial charge in [0.1, 0.15) is 11.6 Å². The highest BCUT2D eigenvalue weighted by Gasteiger charge is 2.21. The Hall–Kier alpha value is -1.10. The monoisotopic (exact) mass is 342 g/mol. The molecule has 2 aromatic heterocycles. The Kier molecular flexibility index (Phi) is 3.95. The van der Waals surface area contributed by atoms with E-state index in [-0.39, 0.29) is 16.4 Å². The van der Waals surface area contributed by atoms with Crippen molar-refractivity contribution in [3.63, 3.8) is 0 Å². The molecule has 110 valence electrons. The lowest BCUT2D eigenvalue weighted by atomic mass is 10.2. The molecule has 0 bridgehead atoms. The average molecular weight is 343 g/mol. The van der Waals surface area contributed by atoms with Crippen LogP contribution in [-0.4, -0.2) is 9.55 Å². The zero-order valence-electron chi connectivity index (χ0n) is 11.5. The van der Waals surface area contributed by atoms with Gasteiger partial charge in [0.05, 0.1) is 27.5 Å². The molecule has 2 nitrogen and oxygen atoms in total. The fourth-order valence-electron chi connectivity index (χ4n) is 2.45. The zero-order valence-corrected chi connectivity index (χ0v) is 13.8. The molecule has 1 aromatic carbocycles. The second kappa shape index (κ2) is 5.59. The first-order valence-electron chi connectivity index (χ1n) is 6.53. The van der Waals surface area contributed by atoms with Crippen LogP contribution in [0.15, 0.2) is 29.6 Å². The first-order valence-corrected chi connectivity index (χ1v) is 8.22. The minimum atomic E-state index is -0.466. The Bertz CT molecular complexity index is 781. The number of thiophene rings is 1. The summed E-state index contributed by atoms with van der Waals surface area (Å²) in [5.74, 6) is 0.251. The smallest absolute Gasteiger partial charge is 0.144 e. The number of benzene rings is 1. The van der Waals surface area contributed by atoms with Crippen molar-refractivity contribution in [3.05, 3.63) is 51.2 Å². The summed E-state index contributed by atoms with van der Waals surface area (Å²) in [6, 6.07) is 7.11. The van der Waals surface area contributed by atoms with E-state index in [1.165, 1.54) is 10.9 Å². The Labute approximate surface area is 136 Å². The van der Waals surface area contributed by atoms with Crippen LogP contribution >= 0.6 is 34.5 Å². The molecule has 2 atom stereocenters. The number of halogens is 3. The van der Waals surface area contributed by atoms with Gasteiger partial charge < -0.3 is 4.57 Å². The van der Waals surface area contributed by atoms with Gasteiger partial charge in [-0.1, -0.05) is 17.7 Å². The molecular weight excluding hydrogens is 330 g/mol. The van der Waals surface area contributed by atoms with Gasteiger partial charge in [0.2, 0.25) is 0 Å². The van der Waals surface area contributed by atoms with Crippen LogP contribution in [0, 0.1) is 5.82 Å². The number of nitrogens with zero attached hydrogens (tertiary/aromatic N) is 2. The van der Waals surface area contributed by atoms with Crippen molar-refractivity contribution >= 4 is 45.6 Å². The van der Waals surface area contributed by atoms with Gasteiger partial charge >= 0.3 is 0 Å². The van der Waals surface area contributed by atoms with E-state index in [2.05, 4.69) is 18.0 Å². The van der Waals surface area contributed by atoms with Crippen molar-refractivity contribution in [1.29, 1.82) is 0 Å². The van der Waals surface area contributed by atoms with Crippen LogP contribution in [0.5, 0.6) is 0 Å². The summed E-state index contributed by atoms with van der Waals surface area (Å²) >= 11 is 13.9. The van der Waals surface area contributed by atoms with Gasteiger partial charge in [-0.3, -0.25) is 0 Å². The maximum Gasteiger partial charge on any atom is 0.144 e. The molecule has 0 aliphatic heterocycles. The van der Waals surface area contributed by atoms with Crippen molar-refractivity contribution in [2.24, 2.45) is 0 Å². The Morgan fingerprint density at radius 1 is 1.33 bits per heavy atom. The lowest BCUT2D eigenvalue weighted by Gasteiger charge is -2.17. The second-order valence-corrected chi connectivity index (χ2v) is 6.94. The standard InChI is InChI=1S/C15H13Cl2FN2S/c1-8(16)15-19-12-7-11(18)10(17)6-13(12)20(15)9(2)14-4-3-5-21-14/h3-9H,1-2H3. The molecule has 6 heteroatoms. The topological polar surface area (TPSA) is 17.8 Å². The van der Waals surface area contributed by atoms with Crippen LogP contribution in [0.25, 0.3) is 11.0 Å². The molecule has 2 unspecified atom stereocenters. The highest BCUT2D eigenvalue weighted by atomic mass is 35.5. The van der Waals surface area contributed by atoms with Gasteiger partial charge in [-0.25, -0.2) is 9.37 Å². The van der Waals surface area contributed by atoms with Crippen LogP contribution in [0.4, 0.5) is 4.39 Å². The second-order valence-electron chi connectivity index (χ2n) is 4.90. The summed E-state index contributed by atoms with van der Waals surface area (Å²) in [5, 5.41) is 1.85. The summed E-state index contributed by atoms with van der Waals surface area (Å²) in [6.45, 7) is 3.94. The van der Waals surface area contributed by atoms with E-state index in [9.17, 15) is 4.39 Å². The molecule has 0 saturated heterocycles. The largest absolute Gasteiger partial charge is 0.319 e. The molecule has 0 aliphatic carbocycles. The van der Waals surface area contributed by atoms with Crippen LogP contribution < -0.4 is 0 Å². The number of fused-ring (bicyclic) bond motifs is 1. The molecular formula is C15H13Cl2FN2S. The van der Waals surface area contributed by atoms with Crippen LogP contribution in [0.3, 0.4) is 0 Å². The molecule has 3 aromatic rings. The summed E-state index contributed by atoms with van der Waals surface area (Å²) in [4.78, 5) is 5.67. The van der Waals surface area contributed by atoms with Gasteiger partial charge in [-0.2, -0.15) is 0 Å². The third kappa shape index (κ3) is 2.56. The molecule has 3 rings (SSSR count). The van der Waals surface area contributed by atoms with Gasteiger partial charge in [0, 0.05) is 10.9 Å². The lowest BCUT2D eigenvalue weighted by molar-refractivity contribution is 0.624. The normalized spacial score (nSPS) is 14.5. The predicted molar refractivity (Wildman–Crippen MR) is 87.1 cm³/mol. The molecule has 21 heavy (non-hydrogen) atoms. The average Bonchev–Trinajstić information content (AvgIpc) is 3.06. The van der Waals surface area contributed by atoms with Crippen LogP contribution in [-0.2, 0) is 0 Å². The minimum Gasteiger partial charge on any atom is -0.319 e. The van der Waals surface area contributed by atoms with Gasteiger partial charge in [0.25, 0.3) is 0 Å². The molecule has 0 spiro atoms. The number of hydrogen-bond acceptors (Lipinski definition) is 2. The number of rotatable bonds is 3. The van der Waals surface area contributed by atoms with E-state index in [4.69, 9.17) is 23.2 Å². The quantitative estimate of drug-likeness (QED) is 0.550. The summed E-state index contributed by atoms with van der Waals surface area (Å²) in [5.41, 5.74) is 1.37. The van der Waals surface area contributed by atoms with Crippen molar-refractivity contribution < 1.29 is 4.39 Å². The Morgan fingerprint density at radius 3 is 2.71 bits per heavy atom. The maximum absolute atomic E-state index is 13.7. The third-order valence-corrected chi connectivity index (χ3v) is 4.98. The van der Waals surface area contributed by atoms with Crippen LogP contribution in [0.1, 0.15) is 36.0 Å². The number of aromatic nitrogens is 2. The van der Waals surface area contributed by atoms with Crippen molar-refractivity contribution in [2.75, 3.05) is 0 Å². The summed E-state index contributed by atoms with van der Waals surface area (Å²) in [6.07, 6.45) is 0. The van der Waals surface area contributed by atoms with Crippen molar-refractivity contribution in [1.82, 2.24) is 9.55 Å².